The second kappa shape index (κ2) is 7.23. The van der Waals surface area contributed by atoms with E-state index in [1.54, 1.807) is 14.0 Å². The lowest BCUT2D eigenvalue weighted by molar-refractivity contribution is -0.136. The molecule has 0 saturated heterocycles. The number of aryl methyl sites for hydroxylation is 1. The fraction of sp³-hybridized carbons (Fsp3) is 0.312. The first-order valence-corrected chi connectivity index (χ1v) is 7.92. The van der Waals surface area contributed by atoms with Crippen molar-refractivity contribution in [1.82, 2.24) is 4.98 Å². The van der Waals surface area contributed by atoms with Crippen LogP contribution in [0.15, 0.2) is 18.2 Å². The molecular formula is C16H18N2O4S. The fourth-order valence-corrected chi connectivity index (χ4v) is 3.11. The highest BCUT2D eigenvalue weighted by Crippen LogP contribution is 2.33. The summed E-state index contributed by atoms with van der Waals surface area (Å²) in [5, 5.41) is 12.2. The van der Waals surface area contributed by atoms with E-state index in [4.69, 9.17) is 9.84 Å². The van der Waals surface area contributed by atoms with Crippen LogP contribution in [0.25, 0.3) is 11.3 Å². The molecule has 0 aliphatic rings. The predicted molar refractivity (Wildman–Crippen MR) is 89.1 cm³/mol. The lowest BCUT2D eigenvalue weighted by Gasteiger charge is -2.07. The largest absolute Gasteiger partial charge is 0.496 e. The summed E-state index contributed by atoms with van der Waals surface area (Å²) in [5.74, 6) is -0.338. The quantitative estimate of drug-likeness (QED) is 0.847. The van der Waals surface area contributed by atoms with Crippen molar-refractivity contribution < 1.29 is 19.4 Å². The Bertz CT molecular complexity index is 740. The molecule has 1 aromatic carbocycles. The number of thiazole rings is 1. The third-order valence-corrected chi connectivity index (χ3v) is 4.22. The number of carboxylic acids is 1. The van der Waals surface area contributed by atoms with Crippen LogP contribution in [0, 0.1) is 6.92 Å². The van der Waals surface area contributed by atoms with Crippen molar-refractivity contribution in [3.05, 3.63) is 28.6 Å². The van der Waals surface area contributed by atoms with Crippen molar-refractivity contribution in [1.29, 1.82) is 0 Å². The molecule has 2 N–H and O–H groups in total. The van der Waals surface area contributed by atoms with E-state index in [-0.39, 0.29) is 12.3 Å². The molecular weight excluding hydrogens is 316 g/mol. The van der Waals surface area contributed by atoms with E-state index in [1.165, 1.54) is 11.3 Å². The van der Waals surface area contributed by atoms with Crippen molar-refractivity contribution in [2.75, 3.05) is 12.4 Å². The molecule has 1 heterocycles. The number of anilines is 1. The summed E-state index contributed by atoms with van der Waals surface area (Å²) in [6, 6.07) is 5.54. The molecule has 2 aromatic rings. The lowest BCUT2D eigenvalue weighted by atomic mass is 10.1. The summed E-state index contributed by atoms with van der Waals surface area (Å²) in [5.41, 5.74) is 2.31. The van der Waals surface area contributed by atoms with Gasteiger partial charge in [-0.3, -0.25) is 9.59 Å². The molecule has 7 heteroatoms. The highest BCUT2D eigenvalue weighted by Gasteiger charge is 2.17. The zero-order chi connectivity index (χ0) is 17.0. The van der Waals surface area contributed by atoms with Gasteiger partial charge in [0.05, 0.1) is 19.2 Å². The van der Waals surface area contributed by atoms with E-state index in [9.17, 15) is 9.59 Å². The number of hydrogen-bond acceptors (Lipinski definition) is 5. The van der Waals surface area contributed by atoms with Crippen molar-refractivity contribution in [3.63, 3.8) is 0 Å². The smallest absolute Gasteiger partial charge is 0.308 e. The van der Waals surface area contributed by atoms with Crippen molar-refractivity contribution in [2.45, 2.75) is 26.7 Å². The van der Waals surface area contributed by atoms with E-state index in [0.717, 1.165) is 16.9 Å². The third kappa shape index (κ3) is 4.07. The Morgan fingerprint density at radius 3 is 2.70 bits per heavy atom. The number of aromatic nitrogens is 1. The van der Waals surface area contributed by atoms with Gasteiger partial charge >= 0.3 is 5.97 Å². The zero-order valence-corrected chi connectivity index (χ0v) is 14.0. The number of benzene rings is 1. The monoisotopic (exact) mass is 334 g/mol. The van der Waals surface area contributed by atoms with Gasteiger partial charge in [-0.05, 0) is 30.7 Å². The van der Waals surface area contributed by atoms with Crippen LogP contribution in [0.1, 0.15) is 23.8 Å². The van der Waals surface area contributed by atoms with E-state index < -0.39 is 5.97 Å². The first-order valence-electron chi connectivity index (χ1n) is 7.11. The van der Waals surface area contributed by atoms with Gasteiger partial charge in [0.15, 0.2) is 5.13 Å². The highest BCUT2D eigenvalue weighted by atomic mass is 32.1. The van der Waals surface area contributed by atoms with Crippen LogP contribution in [-0.4, -0.2) is 29.1 Å². The van der Waals surface area contributed by atoms with E-state index in [2.05, 4.69) is 10.3 Å². The Balaban J connectivity index is 2.44. The Morgan fingerprint density at radius 2 is 2.13 bits per heavy atom. The van der Waals surface area contributed by atoms with E-state index >= 15 is 0 Å². The number of carbonyl (C=O) groups excluding carboxylic acids is 1. The maximum atomic E-state index is 11.5. The Morgan fingerprint density at radius 1 is 1.39 bits per heavy atom. The molecule has 0 radical (unpaired) electrons. The second-order valence-corrected chi connectivity index (χ2v) is 6.03. The molecule has 23 heavy (non-hydrogen) atoms. The van der Waals surface area contributed by atoms with E-state index in [1.807, 2.05) is 25.1 Å². The van der Waals surface area contributed by atoms with Crippen LogP contribution < -0.4 is 10.1 Å². The minimum atomic E-state index is -0.937. The van der Waals surface area contributed by atoms with Crippen molar-refractivity contribution in [3.8, 4) is 17.0 Å². The summed E-state index contributed by atoms with van der Waals surface area (Å²) >= 11 is 1.19. The number of carboxylic acid groups (broad SMARTS) is 1. The number of carbonyl (C=O) groups is 2. The Labute approximate surface area is 138 Å². The van der Waals surface area contributed by atoms with Gasteiger partial charge in [-0.15, -0.1) is 11.3 Å². The van der Waals surface area contributed by atoms with Gasteiger partial charge in [-0.1, -0.05) is 6.92 Å². The molecule has 2 rings (SSSR count). The van der Waals surface area contributed by atoms with Gasteiger partial charge in [0.25, 0.3) is 0 Å². The molecule has 1 amide bonds. The maximum absolute atomic E-state index is 11.5. The highest BCUT2D eigenvalue weighted by molar-refractivity contribution is 7.16. The van der Waals surface area contributed by atoms with E-state index in [0.29, 0.717) is 22.1 Å². The lowest BCUT2D eigenvalue weighted by Crippen LogP contribution is -2.08. The van der Waals surface area contributed by atoms with Crippen LogP contribution in [0.5, 0.6) is 5.75 Å². The number of methoxy groups -OCH3 is 1. The molecule has 0 atom stereocenters. The molecule has 122 valence electrons. The van der Waals surface area contributed by atoms with Gasteiger partial charge in [-0.25, -0.2) is 4.98 Å². The molecule has 0 unspecified atom stereocenters. The van der Waals surface area contributed by atoms with Crippen LogP contribution in [-0.2, 0) is 16.0 Å². The predicted octanol–water partition coefficient (Wildman–Crippen LogP) is 3.10. The van der Waals surface area contributed by atoms with Gasteiger partial charge in [0, 0.05) is 16.9 Å². The first kappa shape index (κ1) is 17.0. The summed E-state index contributed by atoms with van der Waals surface area (Å²) in [6.07, 6.45) is 0.199. The fourth-order valence-electron chi connectivity index (χ4n) is 2.12. The minimum absolute atomic E-state index is 0.139. The van der Waals surface area contributed by atoms with Gasteiger partial charge in [0.2, 0.25) is 5.91 Å². The second-order valence-electron chi connectivity index (χ2n) is 4.95. The van der Waals surface area contributed by atoms with Crippen molar-refractivity contribution >= 4 is 28.3 Å². The number of ether oxygens (including phenoxy) is 1. The Hall–Kier alpha value is -2.41. The maximum Gasteiger partial charge on any atom is 0.308 e. The Kier molecular flexibility index (Phi) is 5.33. The molecule has 1 aromatic heterocycles. The van der Waals surface area contributed by atoms with Crippen LogP contribution in [0.2, 0.25) is 0 Å². The molecule has 0 aliphatic carbocycles. The first-order chi connectivity index (χ1) is 10.9. The standard InChI is InChI=1S/C16H18N2O4S/c1-4-13(19)17-16-18-15(12(23-16)8-14(20)21)10-5-6-11(22-3)9(2)7-10/h5-7H,4,8H2,1-3H3,(H,20,21)(H,17,18,19). The number of aliphatic carboxylic acids is 1. The van der Waals surface area contributed by atoms with Crippen LogP contribution in [0.3, 0.4) is 0 Å². The van der Waals surface area contributed by atoms with Crippen molar-refractivity contribution in [2.24, 2.45) is 0 Å². The van der Waals surface area contributed by atoms with Gasteiger partial charge in [-0.2, -0.15) is 0 Å². The molecule has 0 bridgehead atoms. The summed E-state index contributed by atoms with van der Waals surface area (Å²) < 4.78 is 5.23. The molecule has 6 nitrogen and oxygen atoms in total. The number of hydrogen-bond donors (Lipinski definition) is 2. The number of nitrogens with zero attached hydrogens (tertiary/aromatic N) is 1. The number of rotatable bonds is 6. The molecule has 0 saturated carbocycles. The van der Waals surface area contributed by atoms with Crippen LogP contribution in [0.4, 0.5) is 5.13 Å². The minimum Gasteiger partial charge on any atom is -0.496 e. The zero-order valence-electron chi connectivity index (χ0n) is 13.2. The van der Waals surface area contributed by atoms with Crippen LogP contribution >= 0.6 is 11.3 Å². The summed E-state index contributed by atoms with van der Waals surface area (Å²) in [7, 11) is 1.60. The average molecular weight is 334 g/mol. The summed E-state index contributed by atoms with van der Waals surface area (Å²) in [6.45, 7) is 3.65. The summed E-state index contributed by atoms with van der Waals surface area (Å²) in [4.78, 5) is 27.6. The van der Waals surface area contributed by atoms with Gasteiger partial charge in [0.1, 0.15) is 5.75 Å². The third-order valence-electron chi connectivity index (χ3n) is 3.24. The topological polar surface area (TPSA) is 88.5 Å². The normalized spacial score (nSPS) is 10.4. The molecule has 0 spiro atoms. The molecule has 0 aliphatic heterocycles. The molecule has 0 fully saturated rings. The SMILES string of the molecule is CCC(=O)Nc1nc(-c2ccc(OC)c(C)c2)c(CC(=O)O)s1. The average Bonchev–Trinajstić information content (AvgIpc) is 2.88. The number of nitrogens with one attached hydrogen (secondary N) is 1. The van der Waals surface area contributed by atoms with Gasteiger partial charge < -0.3 is 15.2 Å². The number of amides is 1.